The average Bonchev–Trinajstić information content (AvgIpc) is 2.18. The number of hydrogen-bond acceptors (Lipinski definition) is 5. The van der Waals surface area contributed by atoms with Crippen LogP contribution in [0.1, 0.15) is 11.7 Å². The van der Waals surface area contributed by atoms with Gasteiger partial charge in [0.05, 0.1) is 31.0 Å². The molecule has 1 aliphatic heterocycles. The summed E-state index contributed by atoms with van der Waals surface area (Å²) in [5, 5.41) is 13.6. The highest BCUT2D eigenvalue weighted by Gasteiger charge is 2.28. The van der Waals surface area contributed by atoms with E-state index in [0.717, 1.165) is 0 Å². The lowest BCUT2D eigenvalue weighted by molar-refractivity contribution is -0.0470. The highest BCUT2D eigenvalue weighted by atomic mass is 19.2. The highest BCUT2D eigenvalue weighted by molar-refractivity contribution is 5.04. The summed E-state index contributed by atoms with van der Waals surface area (Å²) in [6.07, 6.45) is 0.0581. The topological polar surface area (TPSA) is 53.9 Å². The molecule has 5 nitrogen and oxygen atoms in total. The van der Waals surface area contributed by atoms with Gasteiger partial charge in [0.1, 0.15) is 0 Å². The van der Waals surface area contributed by atoms with E-state index < -0.39 is 12.3 Å². The largest absolute Gasteiger partial charge is 0.277 e. The molecule has 1 N–H and O–H groups in total. The summed E-state index contributed by atoms with van der Waals surface area (Å²) in [5.74, 6) is 0. The molecule has 14 heavy (non-hydrogen) atoms. The minimum atomic E-state index is -1.38. The Morgan fingerprint density at radius 1 is 1.50 bits per heavy atom. The quantitative estimate of drug-likeness (QED) is 0.512. The van der Waals surface area contributed by atoms with Crippen LogP contribution in [-0.4, -0.2) is 39.9 Å². The van der Waals surface area contributed by atoms with Gasteiger partial charge < -0.3 is 0 Å². The minimum absolute atomic E-state index is 0.0686. The van der Waals surface area contributed by atoms with Gasteiger partial charge in [0, 0.05) is 0 Å². The molecule has 0 aromatic carbocycles. The molecule has 1 aromatic heterocycles. The molecule has 2 unspecified atom stereocenters. The molecule has 1 saturated heterocycles. The fraction of sp³-hybridized carbons (Fsp3) is 0.571. The molecule has 0 amide bonds. The molecule has 0 aliphatic carbocycles. The van der Waals surface area contributed by atoms with Crippen molar-refractivity contribution in [2.75, 3.05) is 13.1 Å². The Morgan fingerprint density at radius 2 is 2.36 bits per heavy atom. The first-order chi connectivity index (χ1) is 6.75. The third kappa shape index (κ3) is 1.99. The summed E-state index contributed by atoms with van der Waals surface area (Å²) in [6.45, 7) is -0.186. The number of alkyl halides is 1. The van der Waals surface area contributed by atoms with E-state index in [-0.39, 0.29) is 13.1 Å². The molecule has 0 saturated carbocycles. The number of nitrogens with zero attached hydrogens (tertiary/aromatic N) is 4. The SMILES string of the molecule is FC1CN(F)CC(c2ccnnn2)N1. The van der Waals surface area contributed by atoms with Crippen LogP contribution in [0.2, 0.25) is 0 Å². The van der Waals surface area contributed by atoms with Gasteiger partial charge in [-0.25, -0.2) is 4.39 Å². The van der Waals surface area contributed by atoms with Crippen LogP contribution < -0.4 is 5.32 Å². The minimum Gasteiger partial charge on any atom is -0.277 e. The van der Waals surface area contributed by atoms with E-state index in [9.17, 15) is 8.87 Å². The zero-order valence-electron chi connectivity index (χ0n) is 7.27. The standard InChI is InChI=1S/C7H9F2N5/c8-7-4-14(9)3-6(11-7)5-1-2-10-13-12-5/h1-2,6-7,11H,3-4H2. The smallest absolute Gasteiger partial charge is 0.167 e. The predicted octanol–water partition coefficient (Wildman–Crippen LogP) is -0.00200. The molecule has 2 heterocycles. The zero-order valence-corrected chi connectivity index (χ0v) is 7.27. The molecule has 0 spiro atoms. The van der Waals surface area contributed by atoms with Gasteiger partial charge >= 0.3 is 0 Å². The number of halogens is 2. The first kappa shape index (κ1) is 9.35. The van der Waals surface area contributed by atoms with Crippen molar-refractivity contribution in [3.8, 4) is 0 Å². The lowest BCUT2D eigenvalue weighted by Crippen LogP contribution is -2.47. The number of rotatable bonds is 1. The van der Waals surface area contributed by atoms with Crippen molar-refractivity contribution in [3.05, 3.63) is 18.0 Å². The Hall–Kier alpha value is -1.21. The summed E-state index contributed by atoms with van der Waals surface area (Å²) >= 11 is 0. The molecule has 1 aromatic rings. The molecule has 76 valence electrons. The van der Waals surface area contributed by atoms with Crippen LogP contribution >= 0.6 is 0 Å². The Kier molecular flexibility index (Phi) is 2.60. The highest BCUT2D eigenvalue weighted by Crippen LogP contribution is 2.17. The first-order valence-electron chi connectivity index (χ1n) is 4.21. The molecule has 2 rings (SSSR count). The van der Waals surface area contributed by atoms with Crippen molar-refractivity contribution < 1.29 is 8.87 Å². The summed E-state index contributed by atoms with van der Waals surface area (Å²) in [5.41, 5.74) is 0.491. The van der Waals surface area contributed by atoms with Crippen molar-refractivity contribution >= 4 is 0 Å². The van der Waals surface area contributed by atoms with Gasteiger partial charge in [-0.3, -0.25) is 5.32 Å². The Morgan fingerprint density at radius 3 is 3.00 bits per heavy atom. The van der Waals surface area contributed by atoms with E-state index in [2.05, 4.69) is 20.7 Å². The van der Waals surface area contributed by atoms with Crippen molar-refractivity contribution in [1.82, 2.24) is 25.8 Å². The first-order valence-corrected chi connectivity index (χ1v) is 4.21. The summed E-state index contributed by atoms with van der Waals surface area (Å²) in [7, 11) is 0. The van der Waals surface area contributed by atoms with Gasteiger partial charge in [-0.15, -0.1) is 19.8 Å². The second-order valence-corrected chi connectivity index (χ2v) is 3.06. The van der Waals surface area contributed by atoms with Gasteiger partial charge in [0.15, 0.2) is 6.30 Å². The van der Waals surface area contributed by atoms with Crippen LogP contribution in [0.25, 0.3) is 0 Å². The molecule has 7 heteroatoms. The maximum Gasteiger partial charge on any atom is 0.167 e. The van der Waals surface area contributed by atoms with Crippen molar-refractivity contribution in [1.29, 1.82) is 0 Å². The van der Waals surface area contributed by atoms with E-state index in [1.807, 2.05) is 0 Å². The number of nitrogens with one attached hydrogen (secondary N) is 1. The van der Waals surface area contributed by atoms with Gasteiger partial charge in [-0.1, -0.05) is 0 Å². The summed E-state index contributed by atoms with van der Waals surface area (Å²) in [4.78, 5) is 0. The van der Waals surface area contributed by atoms with Crippen molar-refractivity contribution in [3.63, 3.8) is 0 Å². The third-order valence-corrected chi connectivity index (χ3v) is 2.00. The van der Waals surface area contributed by atoms with E-state index in [1.54, 1.807) is 6.07 Å². The second kappa shape index (κ2) is 3.89. The zero-order chi connectivity index (χ0) is 9.97. The number of hydrogen-bond donors (Lipinski definition) is 1. The number of piperazine rings is 1. The van der Waals surface area contributed by atoms with Crippen LogP contribution in [-0.2, 0) is 0 Å². The van der Waals surface area contributed by atoms with E-state index in [0.29, 0.717) is 10.8 Å². The van der Waals surface area contributed by atoms with Gasteiger partial charge in [-0.2, -0.15) is 0 Å². The number of aromatic nitrogens is 3. The molecular formula is C7H9F2N5. The van der Waals surface area contributed by atoms with Gasteiger partial charge in [0.25, 0.3) is 0 Å². The van der Waals surface area contributed by atoms with Crippen molar-refractivity contribution in [2.45, 2.75) is 12.3 Å². The molecule has 0 bridgehead atoms. The fourth-order valence-electron chi connectivity index (χ4n) is 1.39. The predicted molar refractivity (Wildman–Crippen MR) is 43.3 cm³/mol. The third-order valence-electron chi connectivity index (χ3n) is 2.00. The Labute approximate surface area is 79.1 Å². The lowest BCUT2D eigenvalue weighted by Gasteiger charge is -2.29. The van der Waals surface area contributed by atoms with Crippen LogP contribution in [0.4, 0.5) is 8.87 Å². The molecule has 0 radical (unpaired) electrons. The molecular weight excluding hydrogens is 192 g/mol. The van der Waals surface area contributed by atoms with Gasteiger partial charge in [0.2, 0.25) is 0 Å². The van der Waals surface area contributed by atoms with Crippen LogP contribution in [0.3, 0.4) is 0 Å². The second-order valence-electron chi connectivity index (χ2n) is 3.06. The van der Waals surface area contributed by atoms with E-state index in [1.165, 1.54) is 6.20 Å². The average molecular weight is 201 g/mol. The van der Waals surface area contributed by atoms with Gasteiger partial charge in [-0.05, 0) is 11.3 Å². The Balaban J connectivity index is 2.11. The van der Waals surface area contributed by atoms with E-state index in [4.69, 9.17) is 0 Å². The van der Waals surface area contributed by atoms with Crippen LogP contribution in [0, 0.1) is 0 Å². The maximum absolute atomic E-state index is 12.9. The molecule has 2 atom stereocenters. The summed E-state index contributed by atoms with van der Waals surface area (Å²) in [6, 6.07) is 1.11. The normalized spacial score (nSPS) is 29.0. The monoisotopic (exact) mass is 201 g/mol. The van der Waals surface area contributed by atoms with Crippen molar-refractivity contribution in [2.24, 2.45) is 0 Å². The summed E-state index contributed by atoms with van der Waals surface area (Å²) < 4.78 is 25.8. The fourth-order valence-corrected chi connectivity index (χ4v) is 1.39. The Bertz CT molecular complexity index is 285. The molecule has 1 fully saturated rings. The van der Waals surface area contributed by atoms with Crippen LogP contribution in [0.5, 0.6) is 0 Å². The lowest BCUT2D eigenvalue weighted by atomic mass is 10.1. The van der Waals surface area contributed by atoms with E-state index >= 15 is 0 Å². The molecule has 1 aliphatic rings. The maximum atomic E-state index is 12.9. The van der Waals surface area contributed by atoms with Crippen LogP contribution in [0.15, 0.2) is 12.3 Å².